The van der Waals surface area contributed by atoms with E-state index in [-0.39, 0.29) is 5.75 Å². The monoisotopic (exact) mass is 207 g/mol. The minimum atomic E-state index is -0.423. The fraction of sp³-hybridized carbons (Fsp3) is 0.182. The second kappa shape index (κ2) is 3.38. The molecule has 0 N–H and O–H groups in total. The number of rotatable bonds is 2. The molecule has 0 aliphatic carbocycles. The van der Waals surface area contributed by atoms with Crippen molar-refractivity contribution in [1.29, 1.82) is 0 Å². The Morgan fingerprint density at radius 3 is 2.73 bits per heavy atom. The summed E-state index contributed by atoms with van der Waals surface area (Å²) in [5.74, 6) is -0.241. The predicted molar refractivity (Wildman–Crippen MR) is 54.8 cm³/mol. The van der Waals surface area contributed by atoms with Crippen LogP contribution in [0.1, 0.15) is 10.5 Å². The van der Waals surface area contributed by atoms with E-state index in [1.807, 2.05) is 0 Å². The second-order valence-electron chi connectivity index (χ2n) is 3.29. The fourth-order valence-corrected chi connectivity index (χ4v) is 1.63. The normalized spacial score (nSPS) is 10.6. The number of carbonyl (C=O) groups is 1. The van der Waals surface area contributed by atoms with Gasteiger partial charge in [-0.1, -0.05) is 0 Å². The van der Waals surface area contributed by atoms with Gasteiger partial charge in [0.1, 0.15) is 0 Å². The van der Waals surface area contributed by atoms with Gasteiger partial charge in [-0.2, -0.15) is 0 Å². The van der Waals surface area contributed by atoms with Crippen LogP contribution in [0, 0.1) is 5.82 Å². The first-order valence-electron chi connectivity index (χ1n) is 4.45. The first-order chi connectivity index (χ1) is 7.17. The zero-order chi connectivity index (χ0) is 11.0. The summed E-state index contributed by atoms with van der Waals surface area (Å²) in [6.45, 7) is 0. The molecule has 0 bridgehead atoms. The number of fused-ring (bicyclic) bond motifs is 1. The summed E-state index contributed by atoms with van der Waals surface area (Å²) in [7, 11) is 3.16. The molecule has 0 aliphatic heterocycles. The van der Waals surface area contributed by atoms with Crippen LogP contribution in [0.2, 0.25) is 0 Å². The fourth-order valence-electron chi connectivity index (χ4n) is 1.63. The van der Waals surface area contributed by atoms with Gasteiger partial charge in [-0.15, -0.1) is 0 Å². The van der Waals surface area contributed by atoms with E-state index < -0.39 is 5.82 Å². The minimum Gasteiger partial charge on any atom is -0.494 e. The molecule has 0 amide bonds. The average molecular weight is 207 g/mol. The largest absolute Gasteiger partial charge is 0.494 e. The van der Waals surface area contributed by atoms with Gasteiger partial charge in [0.25, 0.3) is 0 Å². The standard InChI is InChI=1S/C11H10FNO2/c1-13-8(6-14)3-7-4-9(12)11(15-2)5-10(7)13/h3-6H,1-2H3. The van der Waals surface area contributed by atoms with Gasteiger partial charge in [-0.05, 0) is 12.1 Å². The molecular weight excluding hydrogens is 197 g/mol. The van der Waals surface area contributed by atoms with E-state index in [1.54, 1.807) is 23.7 Å². The number of halogens is 1. The summed E-state index contributed by atoms with van der Waals surface area (Å²) in [6.07, 6.45) is 0.740. The first kappa shape index (κ1) is 9.71. The van der Waals surface area contributed by atoms with Crippen LogP contribution in [0.25, 0.3) is 10.9 Å². The number of hydrogen-bond donors (Lipinski definition) is 0. The Hall–Kier alpha value is -1.84. The molecule has 15 heavy (non-hydrogen) atoms. The molecule has 0 spiro atoms. The Bertz CT molecular complexity index is 531. The molecule has 0 radical (unpaired) electrons. The maximum Gasteiger partial charge on any atom is 0.166 e. The Kier molecular flexibility index (Phi) is 2.19. The highest BCUT2D eigenvalue weighted by atomic mass is 19.1. The minimum absolute atomic E-state index is 0.182. The van der Waals surface area contributed by atoms with Crippen LogP contribution in [0.15, 0.2) is 18.2 Å². The van der Waals surface area contributed by atoms with E-state index in [0.29, 0.717) is 11.1 Å². The van der Waals surface area contributed by atoms with Crippen molar-refractivity contribution in [3.63, 3.8) is 0 Å². The molecule has 1 aromatic heterocycles. The number of carbonyl (C=O) groups excluding carboxylic acids is 1. The van der Waals surface area contributed by atoms with Gasteiger partial charge < -0.3 is 9.30 Å². The summed E-state index contributed by atoms with van der Waals surface area (Å²) in [5.41, 5.74) is 1.29. The zero-order valence-electron chi connectivity index (χ0n) is 8.45. The molecule has 4 heteroatoms. The Labute approximate surface area is 86.1 Å². The van der Waals surface area contributed by atoms with Gasteiger partial charge in [0.05, 0.1) is 18.3 Å². The molecule has 0 saturated heterocycles. The van der Waals surface area contributed by atoms with Gasteiger partial charge in [-0.25, -0.2) is 4.39 Å². The Morgan fingerprint density at radius 2 is 2.13 bits per heavy atom. The second-order valence-corrected chi connectivity index (χ2v) is 3.29. The van der Waals surface area contributed by atoms with E-state index >= 15 is 0 Å². The van der Waals surface area contributed by atoms with Gasteiger partial charge in [0.15, 0.2) is 17.9 Å². The molecule has 3 nitrogen and oxygen atoms in total. The number of benzene rings is 1. The lowest BCUT2D eigenvalue weighted by atomic mass is 10.2. The highest BCUT2D eigenvalue weighted by molar-refractivity contribution is 5.89. The lowest BCUT2D eigenvalue weighted by Gasteiger charge is -2.03. The molecule has 0 saturated carbocycles. The molecule has 1 aromatic carbocycles. The molecule has 0 aliphatic rings. The Balaban J connectivity index is 2.79. The topological polar surface area (TPSA) is 31.2 Å². The number of aryl methyl sites for hydroxylation is 1. The quantitative estimate of drug-likeness (QED) is 0.706. The first-order valence-corrected chi connectivity index (χ1v) is 4.45. The summed E-state index contributed by atoms with van der Waals surface area (Å²) in [5, 5.41) is 0.693. The van der Waals surface area contributed by atoms with Crippen molar-refractivity contribution in [2.45, 2.75) is 0 Å². The van der Waals surface area contributed by atoms with Crippen LogP contribution < -0.4 is 4.74 Å². The van der Waals surface area contributed by atoms with Crippen LogP contribution in [0.5, 0.6) is 5.75 Å². The molecule has 2 rings (SSSR count). The predicted octanol–water partition coefficient (Wildman–Crippen LogP) is 2.14. The third kappa shape index (κ3) is 1.38. The molecule has 1 heterocycles. The van der Waals surface area contributed by atoms with Crippen molar-refractivity contribution in [3.8, 4) is 5.75 Å². The van der Waals surface area contributed by atoms with Gasteiger partial charge in [-0.3, -0.25) is 4.79 Å². The lowest BCUT2D eigenvalue weighted by Crippen LogP contribution is -1.94. The van der Waals surface area contributed by atoms with Crippen LogP contribution in [0.4, 0.5) is 4.39 Å². The zero-order valence-corrected chi connectivity index (χ0v) is 8.45. The summed E-state index contributed by atoms with van der Waals surface area (Å²) < 4.78 is 19.9. The van der Waals surface area contributed by atoms with Crippen LogP contribution in [-0.2, 0) is 7.05 Å². The summed E-state index contributed by atoms with van der Waals surface area (Å²) >= 11 is 0. The lowest BCUT2D eigenvalue weighted by molar-refractivity contribution is 0.111. The maximum absolute atomic E-state index is 13.3. The van der Waals surface area contributed by atoms with Crippen LogP contribution >= 0.6 is 0 Å². The van der Waals surface area contributed by atoms with Crippen molar-refractivity contribution in [2.24, 2.45) is 7.05 Å². The van der Waals surface area contributed by atoms with E-state index in [2.05, 4.69) is 0 Å². The van der Waals surface area contributed by atoms with Crippen LogP contribution in [-0.4, -0.2) is 18.0 Å². The van der Waals surface area contributed by atoms with E-state index in [1.165, 1.54) is 13.2 Å². The number of ether oxygens (including phenoxy) is 1. The third-order valence-electron chi connectivity index (χ3n) is 2.47. The smallest absolute Gasteiger partial charge is 0.166 e. The van der Waals surface area contributed by atoms with Gasteiger partial charge in [0.2, 0.25) is 0 Å². The average Bonchev–Trinajstić information content (AvgIpc) is 2.54. The number of nitrogens with zero attached hydrogens (tertiary/aromatic N) is 1. The van der Waals surface area contributed by atoms with E-state index in [4.69, 9.17) is 4.74 Å². The SMILES string of the molecule is COc1cc2c(cc1F)cc(C=O)n2C. The molecular formula is C11H10FNO2. The van der Waals surface area contributed by atoms with E-state index in [9.17, 15) is 9.18 Å². The third-order valence-corrected chi connectivity index (χ3v) is 2.47. The van der Waals surface area contributed by atoms with E-state index in [0.717, 1.165) is 11.8 Å². The number of aldehydes is 1. The molecule has 0 unspecified atom stereocenters. The highest BCUT2D eigenvalue weighted by Crippen LogP contribution is 2.26. The van der Waals surface area contributed by atoms with Crippen molar-refractivity contribution >= 4 is 17.2 Å². The van der Waals surface area contributed by atoms with Crippen molar-refractivity contribution in [1.82, 2.24) is 4.57 Å². The van der Waals surface area contributed by atoms with Crippen molar-refractivity contribution in [3.05, 3.63) is 29.7 Å². The highest BCUT2D eigenvalue weighted by Gasteiger charge is 2.10. The Morgan fingerprint density at radius 1 is 1.40 bits per heavy atom. The number of methoxy groups -OCH3 is 1. The molecule has 0 atom stereocenters. The number of aromatic nitrogens is 1. The molecule has 78 valence electrons. The van der Waals surface area contributed by atoms with Gasteiger partial charge >= 0.3 is 0 Å². The summed E-state index contributed by atoms with van der Waals surface area (Å²) in [4.78, 5) is 10.7. The van der Waals surface area contributed by atoms with Gasteiger partial charge in [0, 0.05) is 18.5 Å². The molecule has 2 aromatic rings. The summed E-state index contributed by atoms with van der Waals surface area (Å²) in [6, 6.07) is 4.59. The molecule has 0 fully saturated rings. The number of hydrogen-bond acceptors (Lipinski definition) is 2. The van der Waals surface area contributed by atoms with Crippen LogP contribution in [0.3, 0.4) is 0 Å². The van der Waals surface area contributed by atoms with Crippen molar-refractivity contribution in [2.75, 3.05) is 7.11 Å². The maximum atomic E-state index is 13.3. The van der Waals surface area contributed by atoms with Crippen molar-refractivity contribution < 1.29 is 13.9 Å².